The molecule has 1 amide bonds. The van der Waals surface area contributed by atoms with E-state index in [0.29, 0.717) is 30.6 Å². The number of phenols is 1. The lowest BCUT2D eigenvalue weighted by molar-refractivity contribution is -0.140. The molecule has 7 heteroatoms. The van der Waals surface area contributed by atoms with Crippen molar-refractivity contribution in [2.24, 2.45) is 0 Å². The Labute approximate surface area is 181 Å². The highest BCUT2D eigenvalue weighted by atomic mass is 16.5. The average Bonchev–Trinajstić information content (AvgIpc) is 3.22. The SMILES string of the molecule is C[C@H]1Cc2cc(/C(O)=C3\C(=O)C(=O)N(CCN(C)C)[C@H]3c3cccc(O)c3)ccc2O1. The van der Waals surface area contributed by atoms with Crippen molar-refractivity contribution in [1.29, 1.82) is 0 Å². The van der Waals surface area contributed by atoms with Gasteiger partial charge in [-0.2, -0.15) is 0 Å². The summed E-state index contributed by atoms with van der Waals surface area (Å²) in [5.74, 6) is -0.814. The summed E-state index contributed by atoms with van der Waals surface area (Å²) in [6, 6.07) is 10.9. The van der Waals surface area contributed by atoms with Crippen LogP contribution in [0.2, 0.25) is 0 Å². The summed E-state index contributed by atoms with van der Waals surface area (Å²) in [6.07, 6.45) is 0.764. The molecule has 2 N–H and O–H groups in total. The highest BCUT2D eigenvalue weighted by Gasteiger charge is 2.46. The topological polar surface area (TPSA) is 90.3 Å². The van der Waals surface area contributed by atoms with E-state index in [1.807, 2.05) is 25.9 Å². The minimum Gasteiger partial charge on any atom is -0.508 e. The van der Waals surface area contributed by atoms with Crippen molar-refractivity contribution in [2.75, 3.05) is 27.2 Å². The standard InChI is InChI=1S/C24H26N2O5/c1-14-11-17-12-16(7-8-19(17)31-14)22(28)20-21(15-5-4-6-18(27)13-15)26(10-9-25(2)3)24(30)23(20)29/h4-8,12-14,21,27-28H,9-11H2,1-3H3/b22-20+/t14-,21-/m0/s1. The minimum absolute atomic E-state index is 0.0272. The lowest BCUT2D eigenvalue weighted by Gasteiger charge is -2.26. The van der Waals surface area contributed by atoms with Crippen LogP contribution in [0.1, 0.15) is 29.7 Å². The average molecular weight is 422 g/mol. The van der Waals surface area contributed by atoms with Gasteiger partial charge in [-0.3, -0.25) is 9.59 Å². The van der Waals surface area contributed by atoms with Crippen molar-refractivity contribution < 1.29 is 24.5 Å². The summed E-state index contributed by atoms with van der Waals surface area (Å²) in [4.78, 5) is 29.3. The second-order valence-corrected chi connectivity index (χ2v) is 8.35. The first kappa shape index (κ1) is 20.9. The quantitative estimate of drug-likeness (QED) is 0.438. The Balaban J connectivity index is 1.82. The third-order valence-electron chi connectivity index (χ3n) is 5.68. The van der Waals surface area contributed by atoms with Crippen molar-refractivity contribution >= 4 is 17.4 Å². The molecule has 0 aliphatic carbocycles. The summed E-state index contributed by atoms with van der Waals surface area (Å²) in [7, 11) is 3.76. The smallest absolute Gasteiger partial charge is 0.295 e. The number of hydrogen-bond acceptors (Lipinski definition) is 6. The van der Waals surface area contributed by atoms with Crippen molar-refractivity contribution in [3.05, 3.63) is 64.7 Å². The molecule has 2 atom stereocenters. The van der Waals surface area contributed by atoms with E-state index in [1.54, 1.807) is 30.3 Å². The molecule has 2 aromatic carbocycles. The van der Waals surface area contributed by atoms with Gasteiger partial charge < -0.3 is 24.7 Å². The number of carbonyl (C=O) groups is 2. The molecule has 0 spiro atoms. The molecule has 0 radical (unpaired) electrons. The minimum atomic E-state index is -0.782. The number of aromatic hydroxyl groups is 1. The van der Waals surface area contributed by atoms with Gasteiger partial charge >= 0.3 is 0 Å². The van der Waals surface area contributed by atoms with Crippen LogP contribution >= 0.6 is 0 Å². The van der Waals surface area contributed by atoms with Gasteiger partial charge in [-0.15, -0.1) is 0 Å². The monoisotopic (exact) mass is 422 g/mol. The molecular formula is C24H26N2O5. The largest absolute Gasteiger partial charge is 0.508 e. The fourth-order valence-electron chi connectivity index (χ4n) is 4.18. The molecule has 1 fully saturated rings. The molecule has 4 rings (SSSR count). The molecule has 2 aliphatic heterocycles. The second-order valence-electron chi connectivity index (χ2n) is 8.35. The number of likely N-dealkylation sites (N-methyl/N-ethyl adjacent to an activating group) is 1. The Morgan fingerprint density at radius 1 is 1.19 bits per heavy atom. The van der Waals surface area contributed by atoms with Crippen LogP contribution in [0.3, 0.4) is 0 Å². The molecule has 1 saturated heterocycles. The lowest BCUT2D eigenvalue weighted by atomic mass is 9.94. The number of amides is 1. The number of Topliss-reactive ketones (excluding diaryl/α,β-unsaturated/α-hetero) is 1. The summed E-state index contributed by atoms with van der Waals surface area (Å²) in [5, 5.41) is 21.2. The number of carbonyl (C=O) groups excluding carboxylic acids is 2. The fourth-order valence-corrected chi connectivity index (χ4v) is 4.18. The maximum absolute atomic E-state index is 13.0. The molecule has 0 aromatic heterocycles. The molecule has 0 unspecified atom stereocenters. The zero-order chi connectivity index (χ0) is 22.3. The van der Waals surface area contributed by atoms with Crippen LogP contribution in [-0.2, 0) is 16.0 Å². The van der Waals surface area contributed by atoms with E-state index >= 15 is 0 Å². The number of phenolic OH excluding ortho intramolecular Hbond substituents is 1. The summed E-state index contributed by atoms with van der Waals surface area (Å²) < 4.78 is 5.72. The molecule has 7 nitrogen and oxygen atoms in total. The molecule has 162 valence electrons. The molecule has 2 aromatic rings. The van der Waals surface area contributed by atoms with Gasteiger partial charge in [0, 0.05) is 25.1 Å². The summed E-state index contributed by atoms with van der Waals surface area (Å²) in [6.45, 7) is 2.83. The number of fused-ring (bicyclic) bond motifs is 1. The first-order chi connectivity index (χ1) is 14.8. The number of likely N-dealkylation sites (tertiary alicyclic amines) is 1. The van der Waals surface area contributed by atoms with Gasteiger partial charge in [-0.25, -0.2) is 0 Å². The number of nitrogens with zero attached hydrogens (tertiary/aromatic N) is 2. The number of rotatable bonds is 5. The highest BCUT2D eigenvalue weighted by molar-refractivity contribution is 6.46. The Kier molecular flexibility index (Phi) is 5.45. The van der Waals surface area contributed by atoms with E-state index < -0.39 is 17.7 Å². The molecule has 0 bridgehead atoms. The molecule has 2 aliphatic rings. The van der Waals surface area contributed by atoms with E-state index in [4.69, 9.17) is 4.74 Å². The molecule has 2 heterocycles. The van der Waals surface area contributed by atoms with Gasteiger partial charge in [0.05, 0.1) is 11.6 Å². The zero-order valence-electron chi connectivity index (χ0n) is 17.8. The van der Waals surface area contributed by atoms with E-state index in [9.17, 15) is 19.8 Å². The Morgan fingerprint density at radius 3 is 2.68 bits per heavy atom. The molecule has 0 saturated carbocycles. The first-order valence-electron chi connectivity index (χ1n) is 10.3. The maximum atomic E-state index is 13.0. The third kappa shape index (κ3) is 3.88. The number of aliphatic hydroxyl groups excluding tert-OH is 1. The number of aliphatic hydroxyl groups is 1. The van der Waals surface area contributed by atoms with Crippen LogP contribution in [0.5, 0.6) is 11.5 Å². The van der Waals surface area contributed by atoms with Gasteiger partial charge in [0.1, 0.15) is 23.4 Å². The zero-order valence-corrected chi connectivity index (χ0v) is 17.8. The van der Waals surface area contributed by atoms with Gasteiger partial charge in [0.2, 0.25) is 0 Å². The Morgan fingerprint density at radius 2 is 1.97 bits per heavy atom. The highest BCUT2D eigenvalue weighted by Crippen LogP contribution is 2.41. The van der Waals surface area contributed by atoms with Crippen molar-refractivity contribution in [2.45, 2.75) is 25.5 Å². The molecular weight excluding hydrogens is 396 g/mol. The van der Waals surface area contributed by atoms with Crippen LogP contribution < -0.4 is 4.74 Å². The maximum Gasteiger partial charge on any atom is 0.295 e. The van der Waals surface area contributed by atoms with Crippen LogP contribution in [0.4, 0.5) is 0 Å². The van der Waals surface area contributed by atoms with E-state index in [0.717, 1.165) is 11.3 Å². The Hall–Kier alpha value is -3.32. The predicted molar refractivity (Wildman–Crippen MR) is 116 cm³/mol. The predicted octanol–water partition coefficient (Wildman–Crippen LogP) is 2.70. The number of benzene rings is 2. The summed E-state index contributed by atoms with van der Waals surface area (Å²) >= 11 is 0. The van der Waals surface area contributed by atoms with Crippen LogP contribution in [0.15, 0.2) is 48.0 Å². The van der Waals surface area contributed by atoms with E-state index in [-0.39, 0.29) is 23.2 Å². The normalized spacial score (nSPS) is 22.1. The van der Waals surface area contributed by atoms with Gasteiger partial charge in [-0.1, -0.05) is 12.1 Å². The first-order valence-corrected chi connectivity index (χ1v) is 10.3. The van der Waals surface area contributed by atoms with Crippen LogP contribution in [0.25, 0.3) is 5.76 Å². The van der Waals surface area contributed by atoms with E-state index in [2.05, 4.69) is 0 Å². The van der Waals surface area contributed by atoms with E-state index in [1.165, 1.54) is 17.0 Å². The van der Waals surface area contributed by atoms with Crippen molar-refractivity contribution in [1.82, 2.24) is 9.80 Å². The summed E-state index contributed by atoms with van der Waals surface area (Å²) in [5.41, 5.74) is 2.01. The number of hydrogen-bond donors (Lipinski definition) is 2. The Bertz CT molecular complexity index is 1080. The lowest BCUT2D eigenvalue weighted by Crippen LogP contribution is -2.35. The number of ether oxygens (including phenoxy) is 1. The van der Waals surface area contributed by atoms with Gasteiger partial charge in [-0.05, 0) is 62.5 Å². The van der Waals surface area contributed by atoms with Crippen LogP contribution in [0, 0.1) is 0 Å². The van der Waals surface area contributed by atoms with Crippen LogP contribution in [-0.4, -0.2) is 65.0 Å². The van der Waals surface area contributed by atoms with Crippen molar-refractivity contribution in [3.63, 3.8) is 0 Å². The fraction of sp³-hybridized carbons (Fsp3) is 0.333. The van der Waals surface area contributed by atoms with Gasteiger partial charge in [0.25, 0.3) is 11.7 Å². The number of ketones is 1. The third-order valence-corrected chi connectivity index (χ3v) is 5.68. The van der Waals surface area contributed by atoms with Crippen molar-refractivity contribution in [3.8, 4) is 11.5 Å². The van der Waals surface area contributed by atoms with Gasteiger partial charge in [0.15, 0.2) is 0 Å². The second kappa shape index (κ2) is 8.07. The molecule has 31 heavy (non-hydrogen) atoms.